The molecule has 0 aliphatic rings. The van der Waals surface area contributed by atoms with Crippen LogP contribution < -0.4 is 5.73 Å². The minimum Gasteiger partial charge on any atom is -0.438 e. The summed E-state index contributed by atoms with van der Waals surface area (Å²) in [4.78, 5) is 8.10. The lowest BCUT2D eigenvalue weighted by atomic mass is 10.3. The molecule has 0 radical (unpaired) electrons. The van der Waals surface area contributed by atoms with Crippen LogP contribution in [0.2, 0.25) is 0 Å². The zero-order chi connectivity index (χ0) is 9.10. The lowest BCUT2D eigenvalue weighted by Gasteiger charge is -1.92. The molecular formula is C9H9N3O. The zero-order valence-electron chi connectivity index (χ0n) is 6.97. The maximum atomic E-state index is 5.36. The highest BCUT2D eigenvalue weighted by Gasteiger charge is 2.04. The first kappa shape index (κ1) is 7.94. The van der Waals surface area contributed by atoms with Crippen LogP contribution in [-0.4, -0.2) is 9.97 Å². The van der Waals surface area contributed by atoms with E-state index in [9.17, 15) is 0 Å². The first-order valence-corrected chi connectivity index (χ1v) is 3.96. The van der Waals surface area contributed by atoms with Crippen molar-refractivity contribution in [2.75, 3.05) is 0 Å². The van der Waals surface area contributed by atoms with Gasteiger partial charge >= 0.3 is 0 Å². The van der Waals surface area contributed by atoms with Crippen LogP contribution in [0.4, 0.5) is 0 Å². The molecule has 0 amide bonds. The van der Waals surface area contributed by atoms with Crippen molar-refractivity contribution < 1.29 is 4.42 Å². The highest BCUT2D eigenvalue weighted by molar-refractivity contribution is 5.49. The van der Waals surface area contributed by atoms with Crippen LogP contribution in [0.25, 0.3) is 11.5 Å². The van der Waals surface area contributed by atoms with Crippen LogP contribution >= 0.6 is 0 Å². The normalized spacial score (nSPS) is 10.2. The summed E-state index contributed by atoms with van der Waals surface area (Å²) in [5.74, 6) is 1.18. The monoisotopic (exact) mass is 175 g/mol. The molecule has 4 nitrogen and oxygen atoms in total. The second-order valence-corrected chi connectivity index (χ2v) is 2.54. The molecule has 2 N–H and O–H groups in total. The molecule has 2 aromatic rings. The zero-order valence-corrected chi connectivity index (χ0v) is 6.97. The minimum atomic E-state index is 0.312. The molecule has 2 heterocycles. The quantitative estimate of drug-likeness (QED) is 0.744. The van der Waals surface area contributed by atoms with Gasteiger partial charge in [-0.3, -0.25) is 4.98 Å². The van der Waals surface area contributed by atoms with Crippen molar-refractivity contribution in [3.63, 3.8) is 0 Å². The number of pyridine rings is 1. The summed E-state index contributed by atoms with van der Waals surface area (Å²) in [6.45, 7) is 0.312. The Morgan fingerprint density at radius 2 is 2.23 bits per heavy atom. The van der Waals surface area contributed by atoms with Gasteiger partial charge in [-0.2, -0.15) is 0 Å². The van der Waals surface area contributed by atoms with Crippen molar-refractivity contribution in [3.05, 3.63) is 36.5 Å². The van der Waals surface area contributed by atoms with Crippen molar-refractivity contribution in [1.29, 1.82) is 0 Å². The van der Waals surface area contributed by atoms with Crippen LogP contribution in [0.1, 0.15) is 5.89 Å². The van der Waals surface area contributed by atoms with E-state index < -0.39 is 0 Å². The molecule has 2 rings (SSSR count). The van der Waals surface area contributed by atoms with Gasteiger partial charge in [-0.15, -0.1) is 0 Å². The van der Waals surface area contributed by atoms with E-state index in [0.29, 0.717) is 18.2 Å². The minimum absolute atomic E-state index is 0.312. The van der Waals surface area contributed by atoms with Crippen LogP contribution in [0.5, 0.6) is 0 Å². The fraction of sp³-hybridized carbons (Fsp3) is 0.111. The van der Waals surface area contributed by atoms with Crippen molar-refractivity contribution in [3.8, 4) is 11.5 Å². The van der Waals surface area contributed by atoms with Gasteiger partial charge in [0.1, 0.15) is 5.69 Å². The Hall–Kier alpha value is -1.68. The van der Waals surface area contributed by atoms with E-state index in [1.165, 1.54) is 0 Å². The molecule has 0 unspecified atom stereocenters. The summed E-state index contributed by atoms with van der Waals surface area (Å²) >= 11 is 0. The Balaban J connectivity index is 2.36. The van der Waals surface area contributed by atoms with Gasteiger partial charge in [0.15, 0.2) is 5.76 Å². The van der Waals surface area contributed by atoms with Crippen LogP contribution in [-0.2, 0) is 6.54 Å². The second kappa shape index (κ2) is 3.37. The molecule has 0 spiro atoms. The van der Waals surface area contributed by atoms with Gasteiger partial charge in [0, 0.05) is 6.20 Å². The number of nitrogens with two attached hydrogens (primary N) is 1. The summed E-state index contributed by atoms with van der Waals surface area (Å²) in [5, 5.41) is 0. The second-order valence-electron chi connectivity index (χ2n) is 2.54. The van der Waals surface area contributed by atoms with E-state index in [1.54, 1.807) is 12.4 Å². The summed E-state index contributed by atoms with van der Waals surface area (Å²) in [6.07, 6.45) is 3.34. The summed E-state index contributed by atoms with van der Waals surface area (Å²) in [5.41, 5.74) is 6.14. The van der Waals surface area contributed by atoms with E-state index in [1.807, 2.05) is 18.2 Å². The van der Waals surface area contributed by atoms with Gasteiger partial charge < -0.3 is 10.2 Å². The molecule has 0 saturated heterocycles. The first-order valence-electron chi connectivity index (χ1n) is 3.96. The Labute approximate surface area is 75.4 Å². The van der Waals surface area contributed by atoms with Gasteiger partial charge in [0.05, 0.1) is 12.7 Å². The summed E-state index contributed by atoms with van der Waals surface area (Å²) in [7, 11) is 0. The average molecular weight is 175 g/mol. The largest absolute Gasteiger partial charge is 0.438 e. The van der Waals surface area contributed by atoms with Gasteiger partial charge in [-0.25, -0.2) is 4.98 Å². The molecule has 0 fully saturated rings. The fourth-order valence-corrected chi connectivity index (χ4v) is 1.03. The highest BCUT2D eigenvalue weighted by atomic mass is 16.4. The molecular weight excluding hydrogens is 166 g/mol. The Morgan fingerprint density at radius 1 is 1.31 bits per heavy atom. The third-order valence-electron chi connectivity index (χ3n) is 1.65. The van der Waals surface area contributed by atoms with Gasteiger partial charge in [0.2, 0.25) is 5.89 Å². The van der Waals surface area contributed by atoms with Crippen LogP contribution in [0, 0.1) is 0 Å². The van der Waals surface area contributed by atoms with E-state index in [4.69, 9.17) is 10.2 Å². The third kappa shape index (κ3) is 1.57. The van der Waals surface area contributed by atoms with Gasteiger partial charge in [-0.05, 0) is 12.1 Å². The molecule has 0 aliphatic heterocycles. The molecule has 66 valence electrons. The molecule has 0 bridgehead atoms. The lowest BCUT2D eigenvalue weighted by molar-refractivity contribution is 0.508. The standard InChI is InChI=1S/C9H9N3O/c10-5-9-12-6-8(13-9)7-3-1-2-4-11-7/h1-4,6H,5,10H2. The van der Waals surface area contributed by atoms with E-state index in [0.717, 1.165) is 5.69 Å². The summed E-state index contributed by atoms with van der Waals surface area (Å²) < 4.78 is 5.32. The molecule has 0 aromatic carbocycles. The Morgan fingerprint density at radius 3 is 2.85 bits per heavy atom. The van der Waals surface area contributed by atoms with Crippen molar-refractivity contribution >= 4 is 0 Å². The van der Waals surface area contributed by atoms with Crippen molar-refractivity contribution in [1.82, 2.24) is 9.97 Å². The maximum Gasteiger partial charge on any atom is 0.208 e. The SMILES string of the molecule is NCc1ncc(-c2ccccn2)o1. The predicted molar refractivity (Wildman–Crippen MR) is 47.6 cm³/mol. The average Bonchev–Trinajstić information content (AvgIpc) is 2.67. The molecule has 2 aromatic heterocycles. The number of rotatable bonds is 2. The van der Waals surface area contributed by atoms with Crippen molar-refractivity contribution in [2.24, 2.45) is 5.73 Å². The molecule has 0 atom stereocenters. The predicted octanol–water partition coefficient (Wildman–Crippen LogP) is 1.20. The Kier molecular flexibility index (Phi) is 2.06. The number of oxazole rings is 1. The van der Waals surface area contributed by atoms with Crippen molar-refractivity contribution in [2.45, 2.75) is 6.54 Å². The van der Waals surface area contributed by atoms with Gasteiger partial charge in [-0.1, -0.05) is 6.07 Å². The smallest absolute Gasteiger partial charge is 0.208 e. The highest BCUT2D eigenvalue weighted by Crippen LogP contribution is 2.16. The molecule has 4 heteroatoms. The lowest BCUT2D eigenvalue weighted by Crippen LogP contribution is -1.94. The van der Waals surface area contributed by atoms with E-state index >= 15 is 0 Å². The fourth-order valence-electron chi connectivity index (χ4n) is 1.03. The number of hydrogen-bond donors (Lipinski definition) is 1. The molecule has 0 aliphatic carbocycles. The first-order chi connectivity index (χ1) is 6.40. The number of aromatic nitrogens is 2. The topological polar surface area (TPSA) is 64.9 Å². The summed E-state index contributed by atoms with van der Waals surface area (Å²) in [6, 6.07) is 5.61. The van der Waals surface area contributed by atoms with Crippen LogP contribution in [0.15, 0.2) is 35.0 Å². The van der Waals surface area contributed by atoms with Gasteiger partial charge in [0.25, 0.3) is 0 Å². The third-order valence-corrected chi connectivity index (χ3v) is 1.65. The van der Waals surface area contributed by atoms with E-state index in [2.05, 4.69) is 9.97 Å². The molecule has 13 heavy (non-hydrogen) atoms. The van der Waals surface area contributed by atoms with E-state index in [-0.39, 0.29) is 0 Å². The molecule has 0 saturated carbocycles. The Bertz CT molecular complexity index is 383. The van der Waals surface area contributed by atoms with Crippen LogP contribution in [0.3, 0.4) is 0 Å². The maximum absolute atomic E-state index is 5.36. The number of nitrogens with zero attached hydrogens (tertiary/aromatic N) is 2. The number of hydrogen-bond acceptors (Lipinski definition) is 4.